The number of nitrogens with zero attached hydrogens (tertiary/aromatic N) is 1. The minimum Gasteiger partial charge on any atom is -0.290 e. The van der Waals surface area contributed by atoms with Crippen molar-refractivity contribution in [2.45, 2.75) is 73.4 Å². The summed E-state index contributed by atoms with van der Waals surface area (Å²) in [7, 11) is -3.77. The molecule has 1 aromatic heterocycles. The Hall–Kier alpha value is -2.39. The molecule has 0 spiro atoms. The summed E-state index contributed by atoms with van der Waals surface area (Å²) in [4.78, 5) is 16.8. The average Bonchev–Trinajstić information content (AvgIpc) is 3.64. The van der Waals surface area contributed by atoms with Crippen LogP contribution in [0, 0.1) is 11.8 Å². The maximum atomic E-state index is 13.8. The first-order valence-corrected chi connectivity index (χ1v) is 14.9. The summed E-state index contributed by atoms with van der Waals surface area (Å²) in [5.41, 5.74) is 1.90. The lowest BCUT2D eigenvalue weighted by Crippen LogP contribution is -2.22. The van der Waals surface area contributed by atoms with Gasteiger partial charge < -0.3 is 0 Å². The van der Waals surface area contributed by atoms with Gasteiger partial charge >= 0.3 is 6.18 Å². The number of benzene rings is 1. The number of ketones is 1. The molecule has 3 aliphatic carbocycles. The molecular weight excluding hydrogens is 519 g/mol. The van der Waals surface area contributed by atoms with Gasteiger partial charge in [0.15, 0.2) is 0 Å². The number of rotatable bonds is 9. The van der Waals surface area contributed by atoms with Crippen LogP contribution in [0.3, 0.4) is 0 Å². The van der Waals surface area contributed by atoms with Gasteiger partial charge in [-0.3, -0.25) is 4.79 Å². The molecule has 0 aliphatic heterocycles. The van der Waals surface area contributed by atoms with E-state index in [0.29, 0.717) is 36.0 Å². The van der Waals surface area contributed by atoms with Crippen LogP contribution in [-0.2, 0) is 21.1 Å². The molecule has 3 aliphatic rings. The molecule has 1 saturated carbocycles. The fourth-order valence-corrected chi connectivity index (χ4v) is 8.13. The molecule has 0 amide bonds. The van der Waals surface area contributed by atoms with Crippen LogP contribution in [0.2, 0.25) is 0 Å². The maximum Gasteiger partial charge on any atom is 0.449 e. The summed E-state index contributed by atoms with van der Waals surface area (Å²) < 4.78 is 65.1. The van der Waals surface area contributed by atoms with E-state index in [0.717, 1.165) is 27.5 Å². The van der Waals surface area contributed by atoms with Crippen molar-refractivity contribution in [2.24, 2.45) is 11.8 Å². The number of pyridine rings is 1. The van der Waals surface area contributed by atoms with Crippen LogP contribution in [0.15, 0.2) is 74.5 Å². The van der Waals surface area contributed by atoms with E-state index in [4.69, 9.17) is 0 Å². The number of aromatic nitrogens is 1. The zero-order valence-electron chi connectivity index (χ0n) is 20.2. The number of halogens is 3. The fraction of sp³-hybridized carbons (Fsp3) is 0.429. The molecule has 0 N–H and O–H groups in total. The number of allylic oxidation sites excluding steroid dienone is 2. The highest BCUT2D eigenvalue weighted by atomic mass is 32.2. The third-order valence-electron chi connectivity index (χ3n) is 7.45. The third kappa shape index (κ3) is 5.87. The Morgan fingerprint density at radius 2 is 1.92 bits per heavy atom. The van der Waals surface area contributed by atoms with Crippen LogP contribution in [0.5, 0.6) is 0 Å². The summed E-state index contributed by atoms with van der Waals surface area (Å²) in [5.74, 6) is -0.696. The number of carbonyl (C=O) groups is 1. The van der Waals surface area contributed by atoms with Crippen molar-refractivity contribution in [3.8, 4) is 0 Å². The van der Waals surface area contributed by atoms with Crippen LogP contribution < -0.4 is 0 Å². The topological polar surface area (TPSA) is 64.1 Å². The van der Waals surface area contributed by atoms with E-state index in [9.17, 15) is 26.4 Å². The zero-order chi connectivity index (χ0) is 26.2. The highest BCUT2D eigenvalue weighted by Gasteiger charge is 2.38. The van der Waals surface area contributed by atoms with Gasteiger partial charge in [-0.05, 0) is 98.1 Å². The predicted molar refractivity (Wildman–Crippen MR) is 137 cm³/mol. The Labute approximate surface area is 219 Å². The van der Waals surface area contributed by atoms with E-state index >= 15 is 0 Å². The van der Waals surface area contributed by atoms with Gasteiger partial charge in [0.2, 0.25) is 15.6 Å². The van der Waals surface area contributed by atoms with Crippen LogP contribution in [0.4, 0.5) is 13.2 Å². The largest absolute Gasteiger partial charge is 0.449 e. The van der Waals surface area contributed by atoms with E-state index < -0.39 is 28.2 Å². The van der Waals surface area contributed by atoms with E-state index in [1.54, 1.807) is 24.4 Å². The lowest BCUT2D eigenvalue weighted by atomic mass is 9.95. The molecule has 1 fully saturated rings. The van der Waals surface area contributed by atoms with Gasteiger partial charge in [-0.25, -0.2) is 13.4 Å². The molecule has 196 valence electrons. The first-order valence-electron chi connectivity index (χ1n) is 12.6. The van der Waals surface area contributed by atoms with E-state index in [1.165, 1.54) is 24.6 Å². The van der Waals surface area contributed by atoms with Crippen molar-refractivity contribution in [1.29, 1.82) is 0 Å². The molecule has 1 aromatic carbocycles. The average molecular weight is 548 g/mol. The second kappa shape index (κ2) is 10.4. The van der Waals surface area contributed by atoms with Gasteiger partial charge in [0.05, 0.1) is 9.80 Å². The first kappa shape index (κ1) is 26.2. The molecule has 5 rings (SSSR count). The second-order valence-corrected chi connectivity index (χ2v) is 13.0. The lowest BCUT2D eigenvalue weighted by molar-refractivity contribution is -0.171. The van der Waals surface area contributed by atoms with Crippen molar-refractivity contribution >= 4 is 27.4 Å². The minimum absolute atomic E-state index is 0.0381. The number of aryl methyl sites for hydroxylation is 1. The summed E-state index contributed by atoms with van der Waals surface area (Å²) in [6.45, 7) is 0. The van der Waals surface area contributed by atoms with E-state index in [1.807, 2.05) is 24.3 Å². The monoisotopic (exact) mass is 547 g/mol. The van der Waals surface area contributed by atoms with Gasteiger partial charge in [0.1, 0.15) is 5.03 Å². The zero-order valence-corrected chi connectivity index (χ0v) is 21.8. The second-order valence-electron chi connectivity index (χ2n) is 10.0. The van der Waals surface area contributed by atoms with E-state index in [2.05, 4.69) is 11.1 Å². The summed E-state index contributed by atoms with van der Waals surface area (Å²) in [6.07, 6.45) is 5.46. The highest BCUT2D eigenvalue weighted by molar-refractivity contribution is 8.05. The lowest BCUT2D eigenvalue weighted by Gasteiger charge is -2.22. The Morgan fingerprint density at radius 3 is 2.62 bits per heavy atom. The summed E-state index contributed by atoms with van der Waals surface area (Å²) in [5, 5.41) is 0.743. The number of Topliss-reactive ketones (excluding diaryl/α,β-unsaturated/α-hetero) is 1. The Morgan fingerprint density at radius 1 is 1.11 bits per heavy atom. The number of alkyl halides is 3. The number of carbonyl (C=O) groups excluding carboxylic acids is 1. The maximum absolute atomic E-state index is 13.8. The predicted octanol–water partition coefficient (Wildman–Crippen LogP) is 7.18. The quantitative estimate of drug-likeness (QED) is 0.333. The van der Waals surface area contributed by atoms with Crippen molar-refractivity contribution < 1.29 is 26.4 Å². The fourth-order valence-electron chi connectivity index (χ4n) is 5.31. The standard InChI is InChI=1S/C28H28F3NO3S2/c29-28(30,31)26(33)5-3-4-19-9-10-21-16-22(12-13-23(19)21)37(34,35)25-14-11-20(18-7-8-18)17-24(25)36-27-6-1-2-15-32-27/h1-2,6,12-20H,3-5,7-11H2. The Bertz CT molecular complexity index is 1350. The molecule has 2 atom stereocenters. The Balaban J connectivity index is 1.34. The van der Waals surface area contributed by atoms with Crippen molar-refractivity contribution in [2.75, 3.05) is 0 Å². The summed E-state index contributed by atoms with van der Waals surface area (Å²) >= 11 is 1.38. The number of hydrogen-bond donors (Lipinski definition) is 0. The van der Waals surface area contributed by atoms with E-state index in [-0.39, 0.29) is 17.2 Å². The van der Waals surface area contributed by atoms with Crippen LogP contribution in [0.1, 0.15) is 62.0 Å². The molecule has 2 unspecified atom stereocenters. The Kier molecular flexibility index (Phi) is 7.38. The molecule has 0 saturated heterocycles. The number of hydrogen-bond acceptors (Lipinski definition) is 5. The van der Waals surface area contributed by atoms with Crippen molar-refractivity contribution in [3.05, 3.63) is 75.7 Å². The number of thioether (sulfide) groups is 1. The van der Waals surface area contributed by atoms with Crippen molar-refractivity contribution in [3.63, 3.8) is 0 Å². The smallest absolute Gasteiger partial charge is 0.290 e. The van der Waals surface area contributed by atoms with Gasteiger partial charge in [0.25, 0.3) is 0 Å². The van der Waals surface area contributed by atoms with Crippen LogP contribution >= 0.6 is 11.8 Å². The molecule has 9 heteroatoms. The van der Waals surface area contributed by atoms with Gasteiger partial charge in [-0.2, -0.15) is 13.2 Å². The number of sulfone groups is 1. The first-order chi connectivity index (χ1) is 17.6. The molecule has 2 aromatic rings. The molecule has 0 radical (unpaired) electrons. The normalized spacial score (nSPS) is 21.8. The number of fused-ring (bicyclic) bond motifs is 1. The van der Waals surface area contributed by atoms with Gasteiger partial charge in [-0.15, -0.1) is 0 Å². The molecule has 0 bridgehead atoms. The molecular formula is C28H28F3NO3S2. The minimum atomic E-state index is -4.79. The molecule has 37 heavy (non-hydrogen) atoms. The SMILES string of the molecule is O=C(CCCC1CCc2cc(S(=O)(=O)C3=CCC(C4CC4)C=C3Sc3ccccn3)ccc21)C(F)(F)F. The molecule has 1 heterocycles. The van der Waals surface area contributed by atoms with Crippen molar-refractivity contribution in [1.82, 2.24) is 4.98 Å². The van der Waals surface area contributed by atoms with Gasteiger partial charge in [-0.1, -0.05) is 36.0 Å². The van der Waals surface area contributed by atoms with Gasteiger partial charge in [0, 0.05) is 17.5 Å². The van der Waals surface area contributed by atoms with Crippen LogP contribution in [-0.4, -0.2) is 25.4 Å². The molecule has 4 nitrogen and oxygen atoms in total. The highest BCUT2D eigenvalue weighted by Crippen LogP contribution is 2.47. The van der Waals surface area contributed by atoms with Crippen LogP contribution in [0.25, 0.3) is 0 Å². The summed E-state index contributed by atoms with van der Waals surface area (Å²) in [6, 6.07) is 10.7. The third-order valence-corrected chi connectivity index (χ3v) is 10.4.